The topological polar surface area (TPSA) is 15.7 Å². The summed E-state index contributed by atoms with van der Waals surface area (Å²) in [4.78, 5) is 5.02. The van der Waals surface area contributed by atoms with Gasteiger partial charge >= 0.3 is 0 Å². The van der Waals surface area contributed by atoms with Gasteiger partial charge in [0, 0.05) is 26.2 Å². The zero-order chi connectivity index (χ0) is 12.9. The third kappa shape index (κ3) is 5.11. The molecule has 1 aromatic carbocycles. The summed E-state index contributed by atoms with van der Waals surface area (Å²) in [5, 5.41) is 0. The van der Waals surface area contributed by atoms with Gasteiger partial charge in [0.2, 0.25) is 0 Å². The van der Waals surface area contributed by atoms with Crippen LogP contribution in [0, 0.1) is 0 Å². The van der Waals surface area contributed by atoms with Crippen LogP contribution in [0.5, 0.6) is 0 Å². The van der Waals surface area contributed by atoms with Crippen molar-refractivity contribution in [2.45, 2.75) is 38.6 Å². The van der Waals surface area contributed by atoms with Crippen molar-refractivity contribution < 1.29 is 4.74 Å². The molecular weight excluding hydrogens is 307 g/mol. The second kappa shape index (κ2) is 9.65. The molecule has 2 saturated heterocycles. The number of benzene rings is 1. The average Bonchev–Trinajstić information content (AvgIpc) is 3.13. The lowest BCUT2D eigenvalue weighted by atomic mass is 10.2. The molecule has 0 spiro atoms. The highest BCUT2D eigenvalue weighted by molar-refractivity contribution is 5.85. The fourth-order valence-electron chi connectivity index (χ4n) is 3.11. The summed E-state index contributed by atoms with van der Waals surface area (Å²) in [7, 11) is 0. The first-order valence-electron chi connectivity index (χ1n) is 7.57. The largest absolute Gasteiger partial charge is 0.345 e. The van der Waals surface area contributed by atoms with Gasteiger partial charge in [-0.2, -0.15) is 0 Å². The molecule has 2 aliphatic rings. The summed E-state index contributed by atoms with van der Waals surface area (Å²) >= 11 is 0. The normalized spacial score (nSPS) is 19.5. The van der Waals surface area contributed by atoms with Gasteiger partial charge in [-0.3, -0.25) is 9.80 Å². The number of likely N-dealkylation sites (tertiary alicyclic amines) is 2. The van der Waals surface area contributed by atoms with E-state index in [0.29, 0.717) is 0 Å². The van der Waals surface area contributed by atoms with Crippen molar-refractivity contribution in [2.24, 2.45) is 0 Å². The quantitative estimate of drug-likeness (QED) is 0.820. The number of ether oxygens (including phenoxy) is 1. The van der Waals surface area contributed by atoms with Gasteiger partial charge in [-0.05, 0) is 31.2 Å². The predicted octanol–water partition coefficient (Wildman–Crippen LogP) is 3.52. The minimum absolute atomic E-state index is 0. The van der Waals surface area contributed by atoms with Crippen LogP contribution in [0.15, 0.2) is 30.3 Å². The lowest BCUT2D eigenvalue weighted by Crippen LogP contribution is -2.47. The van der Waals surface area contributed by atoms with Crippen LogP contribution < -0.4 is 0 Å². The third-order valence-electron chi connectivity index (χ3n) is 4.15. The number of rotatable bonds is 5. The maximum absolute atomic E-state index is 6.25. The Labute approximate surface area is 140 Å². The van der Waals surface area contributed by atoms with Gasteiger partial charge in [0.15, 0.2) is 6.35 Å². The Balaban J connectivity index is 0.00000110. The molecule has 0 saturated carbocycles. The highest BCUT2D eigenvalue weighted by Crippen LogP contribution is 2.21. The number of hydrogen-bond donors (Lipinski definition) is 0. The van der Waals surface area contributed by atoms with Gasteiger partial charge in [-0.25, -0.2) is 0 Å². The average molecular weight is 333 g/mol. The molecule has 21 heavy (non-hydrogen) atoms. The van der Waals surface area contributed by atoms with Crippen LogP contribution in [0.25, 0.3) is 0 Å². The van der Waals surface area contributed by atoms with E-state index in [1.54, 1.807) is 0 Å². The maximum Gasteiger partial charge on any atom is 0.168 e. The molecule has 0 aliphatic carbocycles. The molecule has 0 bridgehead atoms. The lowest BCUT2D eigenvalue weighted by molar-refractivity contribution is -0.146. The molecule has 120 valence electrons. The van der Waals surface area contributed by atoms with Crippen LogP contribution in [0.4, 0.5) is 0 Å². The maximum atomic E-state index is 6.25. The van der Waals surface area contributed by atoms with Crippen molar-refractivity contribution in [3.05, 3.63) is 35.9 Å². The minimum Gasteiger partial charge on any atom is -0.345 e. The molecule has 0 atom stereocenters. The Morgan fingerprint density at radius 1 is 0.810 bits per heavy atom. The Bertz CT molecular complexity index is 363. The Morgan fingerprint density at radius 2 is 1.29 bits per heavy atom. The summed E-state index contributed by atoms with van der Waals surface area (Å²) in [6.07, 6.45) is 5.47. The Hall–Kier alpha value is -0.320. The fraction of sp³-hybridized carbons (Fsp3) is 0.625. The summed E-state index contributed by atoms with van der Waals surface area (Å²) in [6.45, 7) is 5.48. The number of nitrogens with zero attached hydrogens (tertiary/aromatic N) is 2. The molecule has 0 aromatic heterocycles. The van der Waals surface area contributed by atoms with Gasteiger partial charge in [-0.15, -0.1) is 24.8 Å². The molecule has 0 radical (unpaired) electrons. The van der Waals surface area contributed by atoms with Crippen molar-refractivity contribution >= 4 is 24.8 Å². The van der Waals surface area contributed by atoms with E-state index in [0.717, 1.165) is 6.61 Å². The van der Waals surface area contributed by atoms with Crippen molar-refractivity contribution in [2.75, 3.05) is 26.2 Å². The van der Waals surface area contributed by atoms with E-state index in [4.69, 9.17) is 4.74 Å². The van der Waals surface area contributed by atoms with Gasteiger partial charge in [0.1, 0.15) is 0 Å². The zero-order valence-electron chi connectivity index (χ0n) is 12.4. The molecule has 0 unspecified atom stereocenters. The molecular formula is C16H26Cl2N2O. The van der Waals surface area contributed by atoms with E-state index in [2.05, 4.69) is 40.1 Å². The molecule has 2 aliphatic heterocycles. The molecule has 3 rings (SSSR count). The SMILES string of the molecule is Cl.Cl.c1ccc(COC(N2CCCC2)N2CCCC2)cc1. The van der Waals surface area contributed by atoms with Crippen LogP contribution in [0.1, 0.15) is 31.2 Å². The molecule has 5 heteroatoms. The van der Waals surface area contributed by atoms with Crippen LogP contribution in [-0.4, -0.2) is 42.3 Å². The lowest BCUT2D eigenvalue weighted by Gasteiger charge is -2.34. The summed E-state index contributed by atoms with van der Waals surface area (Å²) in [5.74, 6) is 0. The summed E-state index contributed by atoms with van der Waals surface area (Å²) in [5.41, 5.74) is 1.27. The first-order chi connectivity index (χ1) is 9.43. The number of hydrogen-bond acceptors (Lipinski definition) is 3. The van der Waals surface area contributed by atoms with Crippen LogP contribution in [0.2, 0.25) is 0 Å². The van der Waals surface area contributed by atoms with E-state index in [9.17, 15) is 0 Å². The zero-order valence-corrected chi connectivity index (χ0v) is 14.1. The van der Waals surface area contributed by atoms with Gasteiger partial charge in [0.25, 0.3) is 0 Å². The Kier molecular flexibility index (Phi) is 8.60. The molecule has 0 amide bonds. The van der Waals surface area contributed by atoms with E-state index < -0.39 is 0 Å². The van der Waals surface area contributed by atoms with Gasteiger partial charge < -0.3 is 4.74 Å². The van der Waals surface area contributed by atoms with Gasteiger partial charge in [0.05, 0.1) is 6.61 Å². The van der Waals surface area contributed by atoms with E-state index >= 15 is 0 Å². The molecule has 0 N–H and O–H groups in total. The second-order valence-electron chi connectivity index (χ2n) is 5.61. The van der Waals surface area contributed by atoms with E-state index in [1.165, 1.54) is 57.4 Å². The van der Waals surface area contributed by atoms with Crippen LogP contribution >= 0.6 is 24.8 Å². The standard InChI is InChI=1S/C16H24N2O.2ClH/c1-2-8-15(9-3-1)14-19-16(17-10-4-5-11-17)18-12-6-7-13-18;;/h1-3,8-9,16H,4-7,10-14H2;2*1H. The van der Waals surface area contributed by atoms with Crippen molar-refractivity contribution in [3.8, 4) is 0 Å². The van der Waals surface area contributed by atoms with Crippen molar-refractivity contribution in [1.29, 1.82) is 0 Å². The second-order valence-corrected chi connectivity index (χ2v) is 5.61. The smallest absolute Gasteiger partial charge is 0.168 e. The monoisotopic (exact) mass is 332 g/mol. The molecule has 1 aromatic rings. The Morgan fingerprint density at radius 3 is 1.76 bits per heavy atom. The van der Waals surface area contributed by atoms with Crippen molar-refractivity contribution in [3.63, 3.8) is 0 Å². The highest BCUT2D eigenvalue weighted by Gasteiger charge is 2.29. The van der Waals surface area contributed by atoms with E-state index in [1.807, 2.05) is 0 Å². The molecule has 2 fully saturated rings. The van der Waals surface area contributed by atoms with Crippen LogP contribution in [-0.2, 0) is 11.3 Å². The summed E-state index contributed by atoms with van der Waals surface area (Å²) in [6, 6.07) is 10.5. The minimum atomic E-state index is 0. The predicted molar refractivity (Wildman–Crippen MR) is 91.1 cm³/mol. The highest BCUT2D eigenvalue weighted by atomic mass is 35.5. The van der Waals surface area contributed by atoms with Crippen molar-refractivity contribution in [1.82, 2.24) is 9.80 Å². The first kappa shape index (κ1) is 18.7. The van der Waals surface area contributed by atoms with Gasteiger partial charge in [-0.1, -0.05) is 30.3 Å². The third-order valence-corrected chi connectivity index (χ3v) is 4.15. The summed E-state index contributed by atoms with van der Waals surface area (Å²) < 4.78 is 6.25. The molecule has 3 nitrogen and oxygen atoms in total. The van der Waals surface area contributed by atoms with Crippen LogP contribution in [0.3, 0.4) is 0 Å². The molecule has 2 heterocycles. The van der Waals surface area contributed by atoms with E-state index in [-0.39, 0.29) is 31.2 Å². The number of halogens is 2. The first-order valence-corrected chi connectivity index (χ1v) is 7.57. The fourth-order valence-corrected chi connectivity index (χ4v) is 3.11.